The van der Waals surface area contributed by atoms with Crippen molar-refractivity contribution in [2.45, 2.75) is 12.8 Å². The Morgan fingerprint density at radius 1 is 1.10 bits per heavy atom. The van der Waals surface area contributed by atoms with Gasteiger partial charge in [-0.25, -0.2) is 0 Å². The summed E-state index contributed by atoms with van der Waals surface area (Å²) in [5, 5.41) is 16.5. The minimum absolute atomic E-state index is 0.0114. The number of halogens is 1. The number of quaternary nitrogens is 1. The second-order valence-electron chi connectivity index (χ2n) is 7.03. The molecular weight excluding hydrogens is 396 g/mol. The highest BCUT2D eigenvalue weighted by Gasteiger charge is 2.28. The Morgan fingerprint density at radius 3 is 2.41 bits per heavy atom. The number of non-ortho nitro benzene ring substituents is 1. The van der Waals surface area contributed by atoms with Crippen LogP contribution in [0.15, 0.2) is 48.5 Å². The fourth-order valence-corrected chi connectivity index (χ4v) is 3.59. The first-order valence-corrected chi connectivity index (χ1v) is 9.73. The highest BCUT2D eigenvalue weighted by molar-refractivity contribution is 6.34. The van der Waals surface area contributed by atoms with Crippen LogP contribution in [0.2, 0.25) is 5.02 Å². The summed E-state index contributed by atoms with van der Waals surface area (Å²) < 4.78 is 0. The molecule has 3 rings (SSSR count). The van der Waals surface area contributed by atoms with E-state index in [4.69, 9.17) is 11.6 Å². The molecule has 152 valence electrons. The molecule has 2 amide bonds. The van der Waals surface area contributed by atoms with Crippen LogP contribution in [-0.2, 0) is 9.59 Å². The van der Waals surface area contributed by atoms with Crippen LogP contribution in [0.5, 0.6) is 0 Å². The van der Waals surface area contributed by atoms with Gasteiger partial charge in [0.15, 0.2) is 6.54 Å². The number of amides is 2. The first-order chi connectivity index (χ1) is 13.9. The average molecular weight is 418 g/mol. The fourth-order valence-electron chi connectivity index (χ4n) is 3.37. The molecule has 3 N–H and O–H groups in total. The van der Waals surface area contributed by atoms with Crippen LogP contribution in [0.3, 0.4) is 0 Å². The van der Waals surface area contributed by atoms with Crippen LogP contribution < -0.4 is 15.5 Å². The van der Waals surface area contributed by atoms with E-state index in [-0.39, 0.29) is 35.0 Å². The normalized spacial score (nSPS) is 18.7. The molecule has 0 spiro atoms. The SMILES string of the molecule is O=C(C[NH+]1CCC(C(=O)Nc2ccccc2)CC1)Nc1ccc([N+](=O)[O-])cc1Cl. The van der Waals surface area contributed by atoms with Crippen LogP contribution in [-0.4, -0.2) is 36.4 Å². The number of likely N-dealkylation sites (tertiary alicyclic amines) is 1. The zero-order chi connectivity index (χ0) is 20.8. The van der Waals surface area contributed by atoms with Crippen LogP contribution in [0.4, 0.5) is 17.1 Å². The summed E-state index contributed by atoms with van der Waals surface area (Å²) in [6, 6.07) is 13.3. The number of rotatable bonds is 6. The lowest BCUT2D eigenvalue weighted by atomic mass is 9.96. The largest absolute Gasteiger partial charge is 0.327 e. The molecule has 1 saturated heterocycles. The summed E-state index contributed by atoms with van der Waals surface area (Å²) in [6.45, 7) is 1.68. The Bertz CT molecular complexity index is 899. The van der Waals surface area contributed by atoms with Crippen molar-refractivity contribution in [1.29, 1.82) is 0 Å². The number of nitro benzene ring substituents is 1. The molecule has 0 saturated carbocycles. The number of hydrogen-bond acceptors (Lipinski definition) is 4. The smallest absolute Gasteiger partial charge is 0.279 e. The highest BCUT2D eigenvalue weighted by Crippen LogP contribution is 2.26. The number of carbonyl (C=O) groups is 2. The Balaban J connectivity index is 1.46. The Hall–Kier alpha value is -2.97. The van der Waals surface area contributed by atoms with Crippen molar-refractivity contribution < 1.29 is 19.4 Å². The van der Waals surface area contributed by atoms with E-state index in [2.05, 4.69) is 10.6 Å². The summed E-state index contributed by atoms with van der Waals surface area (Å²) in [5.41, 5.74) is 1.000. The molecule has 1 fully saturated rings. The van der Waals surface area contributed by atoms with Gasteiger partial charge in [-0.3, -0.25) is 19.7 Å². The zero-order valence-electron chi connectivity index (χ0n) is 15.7. The first kappa shape index (κ1) is 20.8. The van der Waals surface area contributed by atoms with E-state index >= 15 is 0 Å². The average Bonchev–Trinajstić information content (AvgIpc) is 2.70. The molecule has 8 nitrogen and oxygen atoms in total. The number of anilines is 2. The van der Waals surface area contributed by atoms with Gasteiger partial charge in [-0.05, 0) is 18.2 Å². The summed E-state index contributed by atoms with van der Waals surface area (Å²) in [4.78, 5) is 36.0. The Labute approximate surface area is 173 Å². The number of piperidine rings is 1. The highest BCUT2D eigenvalue weighted by atomic mass is 35.5. The molecular formula is C20H22ClN4O4+. The Morgan fingerprint density at radius 2 is 1.79 bits per heavy atom. The predicted octanol–water partition coefficient (Wildman–Crippen LogP) is 2.12. The molecule has 0 unspecified atom stereocenters. The maximum Gasteiger partial charge on any atom is 0.279 e. The van der Waals surface area contributed by atoms with Crippen molar-refractivity contribution >= 4 is 40.5 Å². The zero-order valence-corrected chi connectivity index (χ0v) is 16.4. The molecule has 29 heavy (non-hydrogen) atoms. The van der Waals surface area contributed by atoms with Crippen LogP contribution in [0.1, 0.15) is 12.8 Å². The van der Waals surface area contributed by atoms with Crippen molar-refractivity contribution in [3.8, 4) is 0 Å². The van der Waals surface area contributed by atoms with Crippen molar-refractivity contribution in [3.63, 3.8) is 0 Å². The van der Waals surface area contributed by atoms with E-state index in [1.54, 1.807) is 0 Å². The molecule has 2 aromatic rings. The summed E-state index contributed by atoms with van der Waals surface area (Å²) in [6.07, 6.45) is 1.42. The maximum absolute atomic E-state index is 12.4. The van der Waals surface area contributed by atoms with Crippen LogP contribution in [0, 0.1) is 16.0 Å². The topological polar surface area (TPSA) is 106 Å². The van der Waals surface area contributed by atoms with Gasteiger partial charge in [0.2, 0.25) is 5.91 Å². The molecule has 1 aliphatic rings. The molecule has 0 radical (unpaired) electrons. The molecule has 1 heterocycles. The maximum atomic E-state index is 12.4. The van der Waals surface area contributed by atoms with Gasteiger partial charge in [-0.1, -0.05) is 29.8 Å². The van der Waals surface area contributed by atoms with Gasteiger partial charge >= 0.3 is 0 Å². The predicted molar refractivity (Wildman–Crippen MR) is 110 cm³/mol. The Kier molecular flexibility index (Phi) is 6.79. The van der Waals surface area contributed by atoms with Gasteiger partial charge in [0.1, 0.15) is 0 Å². The third kappa shape index (κ3) is 5.75. The molecule has 9 heteroatoms. The van der Waals surface area contributed by atoms with Gasteiger partial charge in [0.25, 0.3) is 11.6 Å². The molecule has 0 aromatic heterocycles. The second kappa shape index (κ2) is 9.49. The summed E-state index contributed by atoms with van der Waals surface area (Å²) >= 11 is 6.01. The summed E-state index contributed by atoms with van der Waals surface area (Å²) in [5.74, 6) is -0.272. The minimum Gasteiger partial charge on any atom is -0.327 e. The lowest BCUT2D eigenvalue weighted by molar-refractivity contribution is -0.897. The molecule has 2 aromatic carbocycles. The minimum atomic E-state index is -0.542. The van der Waals surface area contributed by atoms with E-state index < -0.39 is 4.92 Å². The van der Waals surface area contributed by atoms with E-state index in [1.807, 2.05) is 30.3 Å². The van der Waals surface area contributed by atoms with Crippen molar-refractivity contribution in [2.24, 2.45) is 5.92 Å². The summed E-state index contributed by atoms with van der Waals surface area (Å²) in [7, 11) is 0. The quantitative estimate of drug-likeness (QED) is 0.494. The lowest BCUT2D eigenvalue weighted by Crippen LogP contribution is -3.14. The number of nitrogens with zero attached hydrogens (tertiary/aromatic N) is 1. The molecule has 0 atom stereocenters. The molecule has 0 aliphatic carbocycles. The van der Waals surface area contributed by atoms with Crippen LogP contribution in [0.25, 0.3) is 0 Å². The monoisotopic (exact) mass is 417 g/mol. The number of para-hydroxylation sites is 1. The van der Waals surface area contributed by atoms with Gasteiger partial charge < -0.3 is 15.5 Å². The number of nitro groups is 1. The number of benzene rings is 2. The van der Waals surface area contributed by atoms with E-state index in [9.17, 15) is 19.7 Å². The van der Waals surface area contributed by atoms with Crippen molar-refractivity contribution in [1.82, 2.24) is 0 Å². The first-order valence-electron chi connectivity index (χ1n) is 9.35. The number of hydrogen-bond donors (Lipinski definition) is 3. The van der Waals surface area contributed by atoms with E-state index in [1.165, 1.54) is 18.2 Å². The second-order valence-corrected chi connectivity index (χ2v) is 7.43. The van der Waals surface area contributed by atoms with Gasteiger partial charge in [0, 0.05) is 36.6 Å². The van der Waals surface area contributed by atoms with Crippen molar-refractivity contribution in [3.05, 3.63) is 63.7 Å². The number of nitrogens with one attached hydrogen (secondary N) is 3. The fraction of sp³-hybridized carbons (Fsp3) is 0.300. The third-order valence-corrected chi connectivity index (χ3v) is 5.27. The van der Waals surface area contributed by atoms with Gasteiger partial charge in [-0.15, -0.1) is 0 Å². The number of carbonyl (C=O) groups excluding carboxylic acids is 2. The van der Waals surface area contributed by atoms with Gasteiger partial charge in [0.05, 0.1) is 28.7 Å². The van der Waals surface area contributed by atoms with Crippen LogP contribution >= 0.6 is 11.6 Å². The third-order valence-electron chi connectivity index (χ3n) is 4.95. The van der Waals surface area contributed by atoms with Gasteiger partial charge in [-0.2, -0.15) is 0 Å². The van der Waals surface area contributed by atoms with Crippen molar-refractivity contribution in [2.75, 3.05) is 30.3 Å². The van der Waals surface area contributed by atoms with E-state index in [0.717, 1.165) is 10.6 Å². The lowest BCUT2D eigenvalue weighted by Gasteiger charge is -2.28. The standard InChI is InChI=1S/C20H21ClN4O4/c21-17-12-16(25(28)29)6-7-18(17)23-19(26)13-24-10-8-14(9-11-24)20(27)22-15-4-2-1-3-5-15/h1-7,12,14H,8-11,13H2,(H,22,27)(H,23,26)/p+1. The molecule has 1 aliphatic heterocycles. The van der Waals surface area contributed by atoms with E-state index in [0.29, 0.717) is 31.6 Å². The molecule has 0 bridgehead atoms.